The Hall–Kier alpha value is -2.44. The maximum absolute atomic E-state index is 12.0. The molecule has 0 aliphatic carbocycles. The lowest BCUT2D eigenvalue weighted by Crippen LogP contribution is -2.25. The molecule has 2 unspecified atom stereocenters. The van der Waals surface area contributed by atoms with Gasteiger partial charge in [0, 0.05) is 12.8 Å². The van der Waals surface area contributed by atoms with E-state index in [-0.39, 0.29) is 31.6 Å². The normalized spacial score (nSPS) is 16.9. The fourth-order valence-electron chi connectivity index (χ4n) is 5.74. The minimum absolute atomic E-state index is 0.142. The molecule has 0 aromatic heterocycles. The number of rotatable bonds is 35. The minimum Gasteiger partial charge on any atom is -0.463 e. The molecule has 1 saturated heterocycles. The van der Waals surface area contributed by atoms with Gasteiger partial charge >= 0.3 is 11.9 Å². The molecule has 1 aliphatic heterocycles. The zero-order valence-electron chi connectivity index (χ0n) is 32.1. The predicted molar refractivity (Wildman–Crippen MR) is 209 cm³/mol. The van der Waals surface area contributed by atoms with Gasteiger partial charge in [-0.05, 0) is 51.4 Å². The van der Waals surface area contributed by atoms with Crippen molar-refractivity contribution in [2.45, 2.75) is 193 Å². The average Bonchev–Trinajstić information content (AvgIpc) is 3.87. The van der Waals surface area contributed by atoms with E-state index in [1.54, 1.807) is 0 Å². The number of hydrogen-bond acceptors (Lipinski definition) is 6. The predicted octanol–water partition coefficient (Wildman–Crippen LogP) is 11.8. The van der Waals surface area contributed by atoms with Gasteiger partial charge in [-0.15, -0.1) is 0 Å². The van der Waals surface area contributed by atoms with Crippen LogP contribution in [0.25, 0.3) is 0 Å². The van der Waals surface area contributed by atoms with E-state index in [1.165, 1.54) is 83.5 Å². The molecule has 1 fully saturated rings. The van der Waals surface area contributed by atoms with Crippen LogP contribution in [0, 0.1) is 0 Å². The summed E-state index contributed by atoms with van der Waals surface area (Å²) in [7, 11) is 0. The van der Waals surface area contributed by atoms with Gasteiger partial charge in [0.05, 0.1) is 12.2 Å². The molecule has 0 spiro atoms. The molecule has 0 aromatic carbocycles. The van der Waals surface area contributed by atoms with Gasteiger partial charge in [-0.25, -0.2) is 0 Å². The fourth-order valence-corrected chi connectivity index (χ4v) is 5.74. The number of hydrogen-bond donors (Lipinski definition) is 1. The Morgan fingerprint density at radius 2 is 0.940 bits per heavy atom. The van der Waals surface area contributed by atoms with Crippen molar-refractivity contribution in [1.82, 2.24) is 0 Å². The highest BCUT2D eigenvalue weighted by Gasteiger charge is 2.35. The van der Waals surface area contributed by atoms with Crippen LogP contribution in [0.5, 0.6) is 0 Å². The molecular weight excluding hydrogens is 624 g/mol. The zero-order valence-corrected chi connectivity index (χ0v) is 32.1. The van der Waals surface area contributed by atoms with Crippen LogP contribution in [0.15, 0.2) is 60.8 Å². The third-order valence-corrected chi connectivity index (χ3v) is 8.93. The van der Waals surface area contributed by atoms with E-state index in [0.29, 0.717) is 25.0 Å². The number of ether oxygens (including phenoxy) is 3. The molecule has 0 radical (unpaired) electrons. The molecule has 3 atom stereocenters. The number of esters is 2. The lowest BCUT2D eigenvalue weighted by atomic mass is 10.0. The van der Waals surface area contributed by atoms with Crippen molar-refractivity contribution in [3.05, 3.63) is 60.8 Å². The molecule has 6 heteroatoms. The number of unbranched alkanes of at least 4 members (excludes halogenated alkanes) is 15. The van der Waals surface area contributed by atoms with Crippen LogP contribution in [-0.2, 0) is 23.8 Å². The Balaban J connectivity index is 1.86. The molecule has 286 valence electrons. The highest BCUT2D eigenvalue weighted by Crippen LogP contribution is 2.29. The van der Waals surface area contributed by atoms with Crippen LogP contribution in [0.2, 0.25) is 0 Å². The highest BCUT2D eigenvalue weighted by atomic mass is 16.6. The van der Waals surface area contributed by atoms with Crippen molar-refractivity contribution in [1.29, 1.82) is 0 Å². The zero-order chi connectivity index (χ0) is 36.2. The van der Waals surface area contributed by atoms with Crippen LogP contribution in [0.3, 0.4) is 0 Å². The van der Waals surface area contributed by atoms with Crippen LogP contribution < -0.4 is 0 Å². The van der Waals surface area contributed by atoms with Gasteiger partial charge in [0.25, 0.3) is 0 Å². The molecule has 0 saturated carbocycles. The maximum Gasteiger partial charge on any atom is 0.306 e. The van der Waals surface area contributed by atoms with E-state index in [2.05, 4.69) is 62.5 Å². The Kier molecular flexibility index (Phi) is 31.9. The fraction of sp³-hybridized carbons (Fsp3) is 0.727. The topological polar surface area (TPSA) is 85.4 Å². The molecule has 1 aliphatic rings. The van der Waals surface area contributed by atoms with Gasteiger partial charge in [0.2, 0.25) is 0 Å². The lowest BCUT2D eigenvalue weighted by molar-refractivity contribution is -0.152. The molecule has 6 nitrogen and oxygen atoms in total. The van der Waals surface area contributed by atoms with Gasteiger partial charge in [0.1, 0.15) is 19.3 Å². The highest BCUT2D eigenvalue weighted by molar-refractivity contribution is 5.70. The molecule has 1 rings (SSSR count). The van der Waals surface area contributed by atoms with E-state index >= 15 is 0 Å². The second-order valence-corrected chi connectivity index (χ2v) is 13.8. The van der Waals surface area contributed by atoms with Gasteiger partial charge < -0.3 is 19.3 Å². The molecular formula is C44H74O6. The Morgan fingerprint density at radius 1 is 0.540 bits per heavy atom. The maximum atomic E-state index is 12.0. The van der Waals surface area contributed by atoms with E-state index < -0.39 is 6.10 Å². The quantitative estimate of drug-likeness (QED) is 0.0307. The van der Waals surface area contributed by atoms with Crippen molar-refractivity contribution in [3.8, 4) is 0 Å². The van der Waals surface area contributed by atoms with E-state index in [4.69, 9.17) is 14.2 Å². The van der Waals surface area contributed by atoms with Crippen molar-refractivity contribution in [2.24, 2.45) is 0 Å². The van der Waals surface area contributed by atoms with E-state index in [0.717, 1.165) is 57.8 Å². The number of allylic oxidation sites excluding steroid dienone is 8. The molecule has 0 amide bonds. The first-order valence-electron chi connectivity index (χ1n) is 20.5. The summed E-state index contributed by atoms with van der Waals surface area (Å²) < 4.78 is 16.0. The molecule has 1 N–H and O–H groups in total. The number of carbonyl (C=O) groups excluding carboxylic acids is 2. The summed E-state index contributed by atoms with van der Waals surface area (Å²) in [5, 5.41) is 10.0. The molecule has 1 heterocycles. The van der Waals surface area contributed by atoms with Crippen molar-refractivity contribution < 1.29 is 28.9 Å². The van der Waals surface area contributed by atoms with Gasteiger partial charge in [-0.1, -0.05) is 171 Å². The Labute approximate surface area is 306 Å². The minimum atomic E-state index is -0.998. The Morgan fingerprint density at radius 3 is 1.42 bits per heavy atom. The number of aliphatic hydroxyl groups excluding tert-OH is 1. The summed E-state index contributed by atoms with van der Waals surface area (Å²) in [4.78, 5) is 23.9. The monoisotopic (exact) mass is 699 g/mol. The van der Waals surface area contributed by atoms with Gasteiger partial charge in [-0.3, -0.25) is 9.59 Å². The summed E-state index contributed by atoms with van der Waals surface area (Å²) in [6.45, 7) is 4.12. The first-order chi connectivity index (χ1) is 24.6. The standard InChI is InChI=1S/C44H74O6/c1-3-5-7-8-9-10-11-12-13-14-15-19-22-25-28-32-36-43(46)48-38-40(45)39-49-44(47)37-33-29-26-23-20-17-16-18-21-24-27-31-35-42-41(50-42)34-30-6-4-2/h6,17-18,20-21,26-27,29-31,40-42,45H,3-5,7-16,19,22-25,28,32-39H2,1-2H3/b20-17-,21-18-,29-26-,30-6-,31-27-/t40-,41?,42?/m0/s1. The van der Waals surface area contributed by atoms with Crippen molar-refractivity contribution in [3.63, 3.8) is 0 Å². The molecule has 0 bridgehead atoms. The lowest BCUT2D eigenvalue weighted by Gasteiger charge is -2.12. The third kappa shape index (κ3) is 31.5. The Bertz CT molecular complexity index is 948. The van der Waals surface area contributed by atoms with Crippen LogP contribution >= 0.6 is 0 Å². The summed E-state index contributed by atoms with van der Waals surface area (Å²) in [5.41, 5.74) is 0. The van der Waals surface area contributed by atoms with Gasteiger partial charge in [-0.2, -0.15) is 0 Å². The third-order valence-electron chi connectivity index (χ3n) is 8.93. The summed E-state index contributed by atoms with van der Waals surface area (Å²) >= 11 is 0. The second kappa shape index (κ2) is 35.0. The van der Waals surface area contributed by atoms with Crippen LogP contribution in [0.1, 0.15) is 174 Å². The molecule has 50 heavy (non-hydrogen) atoms. The second-order valence-electron chi connectivity index (χ2n) is 13.8. The SMILES string of the molecule is CC/C=C\CC1OC1C/C=C\C/C=C\C/C=C\C/C=C\CCC(=O)OC[C@@H](O)COC(=O)CCCCCCCCCCCCCCCCCC. The summed E-state index contributed by atoms with van der Waals surface area (Å²) in [6, 6.07) is 0. The molecule has 0 aromatic rings. The van der Waals surface area contributed by atoms with Crippen LogP contribution in [0.4, 0.5) is 0 Å². The largest absolute Gasteiger partial charge is 0.463 e. The average molecular weight is 699 g/mol. The summed E-state index contributed by atoms with van der Waals surface area (Å²) in [5.74, 6) is -0.663. The van der Waals surface area contributed by atoms with Crippen LogP contribution in [-0.4, -0.2) is 48.6 Å². The summed E-state index contributed by atoms with van der Waals surface area (Å²) in [6.07, 6.45) is 49.0. The van der Waals surface area contributed by atoms with Gasteiger partial charge in [0.15, 0.2) is 0 Å². The van der Waals surface area contributed by atoms with E-state index in [9.17, 15) is 14.7 Å². The van der Waals surface area contributed by atoms with E-state index in [1.807, 2.05) is 12.2 Å². The number of aliphatic hydroxyl groups is 1. The van der Waals surface area contributed by atoms with Crippen molar-refractivity contribution in [2.75, 3.05) is 13.2 Å². The smallest absolute Gasteiger partial charge is 0.306 e. The number of epoxide rings is 1. The first-order valence-corrected chi connectivity index (χ1v) is 20.5. The first kappa shape index (κ1) is 45.6. The number of carbonyl (C=O) groups is 2. The van der Waals surface area contributed by atoms with Crippen molar-refractivity contribution >= 4 is 11.9 Å².